The average Bonchev–Trinajstić information content (AvgIpc) is 3.51. The Hall–Kier alpha value is -3.04. The summed E-state index contributed by atoms with van der Waals surface area (Å²) >= 11 is 0. The standard InChI is InChI=1S/C26H30N4O6S/c1-18(34-25-5-3-4-12-33-25)26-27-10-11-30(26)17-21-15-24(35-29-21)23-9-8-19(16-28-23)6-7-20-13-22(14-20)36-37(2,31)32/h8-11,15-16,18,20,22,25H,3-5,12-14,17H2,1-2H3/t18-,20?,22?,25-/m0/s1. The van der Waals surface area contributed by atoms with E-state index in [0.717, 1.165) is 49.2 Å². The summed E-state index contributed by atoms with van der Waals surface area (Å²) in [6, 6.07) is 5.58. The van der Waals surface area contributed by atoms with Crippen LogP contribution in [0.5, 0.6) is 0 Å². The number of rotatable bonds is 8. The van der Waals surface area contributed by atoms with Crippen LogP contribution in [0, 0.1) is 17.8 Å². The van der Waals surface area contributed by atoms with Gasteiger partial charge in [-0.25, -0.2) is 4.98 Å². The van der Waals surface area contributed by atoms with Crippen LogP contribution in [-0.4, -0.2) is 53.4 Å². The molecule has 5 rings (SSSR count). The number of ether oxygens (including phenoxy) is 2. The lowest BCUT2D eigenvalue weighted by Crippen LogP contribution is -2.32. The molecule has 0 N–H and O–H groups in total. The highest BCUT2D eigenvalue weighted by molar-refractivity contribution is 7.86. The molecule has 10 nitrogen and oxygen atoms in total. The van der Waals surface area contributed by atoms with Crippen LogP contribution in [0.2, 0.25) is 0 Å². The van der Waals surface area contributed by atoms with Crippen LogP contribution in [0.1, 0.15) is 62.2 Å². The average molecular weight is 527 g/mol. The highest BCUT2D eigenvalue weighted by Gasteiger charge is 2.31. The van der Waals surface area contributed by atoms with Gasteiger partial charge in [0, 0.05) is 42.7 Å². The summed E-state index contributed by atoms with van der Waals surface area (Å²) in [6.45, 7) is 3.21. The summed E-state index contributed by atoms with van der Waals surface area (Å²) in [5.74, 6) is 7.74. The van der Waals surface area contributed by atoms with Gasteiger partial charge in [0.25, 0.3) is 10.1 Å². The van der Waals surface area contributed by atoms with Crippen LogP contribution in [0.15, 0.2) is 41.3 Å². The van der Waals surface area contributed by atoms with E-state index >= 15 is 0 Å². The second-order valence-electron chi connectivity index (χ2n) is 9.46. The van der Waals surface area contributed by atoms with Gasteiger partial charge in [0.05, 0.1) is 18.9 Å². The number of hydrogen-bond acceptors (Lipinski definition) is 9. The number of nitrogens with zero attached hydrogens (tertiary/aromatic N) is 4. The molecule has 3 aromatic rings. The maximum absolute atomic E-state index is 11.2. The molecule has 1 saturated carbocycles. The number of pyridine rings is 1. The van der Waals surface area contributed by atoms with E-state index in [0.29, 0.717) is 30.8 Å². The fourth-order valence-corrected chi connectivity index (χ4v) is 5.06. The third-order valence-electron chi connectivity index (χ3n) is 6.34. The number of hydrogen-bond donors (Lipinski definition) is 0. The molecule has 2 fully saturated rings. The van der Waals surface area contributed by atoms with Gasteiger partial charge < -0.3 is 18.6 Å². The molecule has 0 spiro atoms. The Kier molecular flexibility index (Phi) is 7.71. The molecule has 0 aromatic carbocycles. The minimum atomic E-state index is -3.42. The van der Waals surface area contributed by atoms with Crippen molar-refractivity contribution in [3.8, 4) is 23.3 Å². The SMILES string of the molecule is C[C@H](O[C@H]1CCCCO1)c1nccn1Cc1cc(-c2ccc(C#CC3CC(OS(C)(=O)=O)C3)cn2)on1. The molecule has 1 aliphatic carbocycles. The van der Waals surface area contributed by atoms with Crippen molar-refractivity contribution >= 4 is 10.1 Å². The van der Waals surface area contributed by atoms with Crippen LogP contribution in [-0.2, 0) is 30.3 Å². The molecule has 2 aliphatic rings. The van der Waals surface area contributed by atoms with E-state index in [-0.39, 0.29) is 24.4 Å². The van der Waals surface area contributed by atoms with Crippen molar-refractivity contribution in [3.05, 3.63) is 53.9 Å². The van der Waals surface area contributed by atoms with E-state index in [1.165, 1.54) is 0 Å². The second-order valence-corrected chi connectivity index (χ2v) is 11.1. The fourth-order valence-electron chi connectivity index (χ4n) is 4.41. The molecule has 4 heterocycles. The van der Waals surface area contributed by atoms with Crippen molar-refractivity contribution in [3.63, 3.8) is 0 Å². The summed E-state index contributed by atoms with van der Waals surface area (Å²) in [5, 5.41) is 4.20. The smallest absolute Gasteiger partial charge is 0.264 e. The molecule has 37 heavy (non-hydrogen) atoms. The first-order valence-electron chi connectivity index (χ1n) is 12.4. The monoisotopic (exact) mass is 526 g/mol. The van der Waals surface area contributed by atoms with E-state index in [9.17, 15) is 8.42 Å². The van der Waals surface area contributed by atoms with Crippen LogP contribution < -0.4 is 0 Å². The number of aromatic nitrogens is 4. The highest BCUT2D eigenvalue weighted by atomic mass is 32.2. The zero-order chi connectivity index (χ0) is 25.8. The fraction of sp³-hybridized carbons (Fsp3) is 0.500. The Labute approximate surface area is 216 Å². The van der Waals surface area contributed by atoms with Gasteiger partial charge in [-0.15, -0.1) is 0 Å². The highest BCUT2D eigenvalue weighted by Crippen LogP contribution is 2.30. The van der Waals surface area contributed by atoms with Gasteiger partial charge >= 0.3 is 0 Å². The van der Waals surface area contributed by atoms with Crippen LogP contribution in [0.25, 0.3) is 11.5 Å². The minimum Gasteiger partial charge on any atom is -0.354 e. The first-order valence-corrected chi connectivity index (χ1v) is 14.2. The van der Waals surface area contributed by atoms with Gasteiger partial charge in [0.2, 0.25) is 0 Å². The molecule has 3 aromatic heterocycles. The molecule has 0 unspecified atom stereocenters. The molecular weight excluding hydrogens is 496 g/mol. The van der Waals surface area contributed by atoms with Crippen LogP contribution >= 0.6 is 0 Å². The van der Waals surface area contributed by atoms with Crippen LogP contribution in [0.4, 0.5) is 0 Å². The molecule has 0 radical (unpaired) electrons. The van der Waals surface area contributed by atoms with Gasteiger partial charge in [-0.05, 0) is 51.2 Å². The second kappa shape index (κ2) is 11.1. The van der Waals surface area contributed by atoms with Crippen molar-refractivity contribution in [1.29, 1.82) is 0 Å². The topological polar surface area (TPSA) is 119 Å². The van der Waals surface area contributed by atoms with Gasteiger partial charge in [0.1, 0.15) is 23.3 Å². The van der Waals surface area contributed by atoms with E-state index < -0.39 is 10.1 Å². The summed E-state index contributed by atoms with van der Waals surface area (Å²) in [6.07, 6.45) is 10.1. The van der Waals surface area contributed by atoms with Gasteiger partial charge in [-0.3, -0.25) is 9.17 Å². The maximum atomic E-state index is 11.2. The number of imidazole rings is 1. The van der Waals surface area contributed by atoms with E-state index in [1.807, 2.05) is 35.9 Å². The van der Waals surface area contributed by atoms with E-state index in [4.69, 9.17) is 18.2 Å². The third-order valence-corrected chi connectivity index (χ3v) is 6.96. The van der Waals surface area contributed by atoms with Crippen molar-refractivity contribution in [1.82, 2.24) is 19.7 Å². The molecular formula is C26H30N4O6S. The largest absolute Gasteiger partial charge is 0.354 e. The van der Waals surface area contributed by atoms with E-state index in [1.54, 1.807) is 12.4 Å². The van der Waals surface area contributed by atoms with Gasteiger partial charge in [-0.1, -0.05) is 17.0 Å². The van der Waals surface area contributed by atoms with Crippen molar-refractivity contribution < 1.29 is 26.6 Å². The Morgan fingerprint density at radius 3 is 2.84 bits per heavy atom. The molecule has 0 bridgehead atoms. The lowest BCUT2D eigenvalue weighted by Gasteiger charge is -2.30. The van der Waals surface area contributed by atoms with Crippen LogP contribution in [0.3, 0.4) is 0 Å². The lowest BCUT2D eigenvalue weighted by atomic mass is 9.83. The molecule has 2 atom stereocenters. The summed E-state index contributed by atoms with van der Waals surface area (Å²) in [5.41, 5.74) is 2.18. The summed E-state index contributed by atoms with van der Waals surface area (Å²) < 4.78 is 46.6. The Morgan fingerprint density at radius 1 is 1.24 bits per heavy atom. The van der Waals surface area contributed by atoms with Gasteiger partial charge in [-0.2, -0.15) is 8.42 Å². The van der Waals surface area contributed by atoms with Gasteiger partial charge in [0.15, 0.2) is 12.1 Å². The summed E-state index contributed by atoms with van der Waals surface area (Å²) in [7, 11) is -3.42. The Balaban J connectivity index is 1.16. The first kappa shape index (κ1) is 25.6. The Morgan fingerprint density at radius 2 is 2.11 bits per heavy atom. The molecule has 11 heteroatoms. The minimum absolute atomic E-state index is 0.125. The van der Waals surface area contributed by atoms with Crippen molar-refractivity contribution in [2.75, 3.05) is 12.9 Å². The van der Waals surface area contributed by atoms with Crippen molar-refractivity contribution in [2.45, 2.75) is 64.1 Å². The predicted octanol–water partition coefficient (Wildman–Crippen LogP) is 3.69. The molecule has 1 aliphatic heterocycles. The quantitative estimate of drug-likeness (QED) is 0.320. The normalized spacial score (nSPS) is 22.6. The zero-order valence-electron chi connectivity index (χ0n) is 20.9. The maximum Gasteiger partial charge on any atom is 0.264 e. The first-order chi connectivity index (χ1) is 17.8. The molecule has 0 amide bonds. The van der Waals surface area contributed by atoms with Crippen molar-refractivity contribution in [2.24, 2.45) is 5.92 Å². The van der Waals surface area contributed by atoms with E-state index in [2.05, 4.69) is 27.0 Å². The summed E-state index contributed by atoms with van der Waals surface area (Å²) in [4.78, 5) is 8.94. The molecule has 196 valence electrons. The Bertz CT molecular complexity index is 1360. The zero-order valence-corrected chi connectivity index (χ0v) is 21.7. The molecule has 1 saturated heterocycles. The lowest BCUT2D eigenvalue weighted by molar-refractivity contribution is -0.188. The predicted molar refractivity (Wildman–Crippen MR) is 133 cm³/mol. The third kappa shape index (κ3) is 6.84.